The van der Waals surface area contributed by atoms with Gasteiger partial charge in [0.2, 0.25) is 5.91 Å². The van der Waals surface area contributed by atoms with Gasteiger partial charge in [0.05, 0.1) is 11.1 Å². The predicted molar refractivity (Wildman–Crippen MR) is 111 cm³/mol. The summed E-state index contributed by atoms with van der Waals surface area (Å²) in [7, 11) is 0. The van der Waals surface area contributed by atoms with Gasteiger partial charge in [0.15, 0.2) is 0 Å². The zero-order valence-electron chi connectivity index (χ0n) is 16.4. The number of anilines is 1. The highest BCUT2D eigenvalue weighted by molar-refractivity contribution is 6.09. The molecule has 5 nitrogen and oxygen atoms in total. The third-order valence-electron chi connectivity index (χ3n) is 5.18. The Kier molecular flexibility index (Phi) is 4.59. The van der Waals surface area contributed by atoms with E-state index in [0.29, 0.717) is 18.7 Å². The number of carbonyl (C=O) groups excluding carboxylic acids is 2. The third-order valence-corrected chi connectivity index (χ3v) is 5.18. The number of amides is 2. The van der Waals surface area contributed by atoms with Gasteiger partial charge in [-0.15, -0.1) is 0 Å². The molecular weight excluding hydrogens is 350 g/mol. The summed E-state index contributed by atoms with van der Waals surface area (Å²) >= 11 is 0. The van der Waals surface area contributed by atoms with Crippen molar-refractivity contribution in [2.75, 3.05) is 24.5 Å². The summed E-state index contributed by atoms with van der Waals surface area (Å²) in [5.41, 5.74) is 5.29. The molecule has 0 spiro atoms. The number of hydrogen-bond donors (Lipinski definition) is 0. The molecule has 2 aromatic carbocycles. The van der Waals surface area contributed by atoms with E-state index < -0.39 is 0 Å². The molecule has 0 aliphatic carbocycles. The van der Waals surface area contributed by atoms with E-state index in [1.165, 1.54) is 0 Å². The molecule has 2 heterocycles. The topological polar surface area (TPSA) is 53.5 Å². The average Bonchev–Trinajstić information content (AvgIpc) is 2.68. The minimum absolute atomic E-state index is 0.0618. The normalized spacial score (nSPS) is 14.6. The molecule has 1 aliphatic rings. The summed E-state index contributed by atoms with van der Waals surface area (Å²) in [6.45, 7) is 7.01. The van der Waals surface area contributed by atoms with Crippen LogP contribution in [0.3, 0.4) is 0 Å². The van der Waals surface area contributed by atoms with Crippen LogP contribution in [-0.4, -0.2) is 41.3 Å². The SMILES string of the molecule is Cc1cc(C)c2nc(C)cc(C(=O)N3CCN(c4ccccc4)C(=O)C3)c2c1. The van der Waals surface area contributed by atoms with Crippen LogP contribution in [0.15, 0.2) is 48.5 Å². The van der Waals surface area contributed by atoms with Gasteiger partial charge in [-0.05, 0) is 50.6 Å². The number of aryl methyl sites for hydroxylation is 3. The lowest BCUT2D eigenvalue weighted by Gasteiger charge is -2.34. The van der Waals surface area contributed by atoms with Crippen molar-refractivity contribution in [3.05, 3.63) is 70.9 Å². The molecule has 28 heavy (non-hydrogen) atoms. The Labute approximate surface area is 164 Å². The lowest BCUT2D eigenvalue weighted by molar-refractivity contribution is -0.120. The maximum absolute atomic E-state index is 13.3. The fourth-order valence-electron chi connectivity index (χ4n) is 3.88. The van der Waals surface area contributed by atoms with Crippen LogP contribution in [0, 0.1) is 20.8 Å². The molecule has 1 saturated heterocycles. The van der Waals surface area contributed by atoms with E-state index in [4.69, 9.17) is 0 Å². The second kappa shape index (κ2) is 7.08. The number of nitrogens with zero attached hydrogens (tertiary/aromatic N) is 3. The van der Waals surface area contributed by atoms with Crippen LogP contribution in [0.4, 0.5) is 5.69 Å². The molecule has 0 N–H and O–H groups in total. The van der Waals surface area contributed by atoms with E-state index in [-0.39, 0.29) is 18.4 Å². The zero-order valence-corrected chi connectivity index (χ0v) is 16.4. The monoisotopic (exact) mass is 373 g/mol. The fourth-order valence-corrected chi connectivity index (χ4v) is 3.88. The van der Waals surface area contributed by atoms with Gasteiger partial charge in [-0.2, -0.15) is 0 Å². The van der Waals surface area contributed by atoms with Gasteiger partial charge < -0.3 is 9.80 Å². The van der Waals surface area contributed by atoms with Gasteiger partial charge in [-0.1, -0.05) is 29.8 Å². The van der Waals surface area contributed by atoms with Crippen molar-refractivity contribution in [3.63, 3.8) is 0 Å². The Morgan fingerprint density at radius 2 is 1.75 bits per heavy atom. The molecule has 1 aliphatic heterocycles. The average molecular weight is 373 g/mol. The Morgan fingerprint density at radius 1 is 1.00 bits per heavy atom. The summed E-state index contributed by atoms with van der Waals surface area (Å²) in [6.07, 6.45) is 0. The molecular formula is C23H23N3O2. The van der Waals surface area contributed by atoms with E-state index in [1.807, 2.05) is 63.2 Å². The molecule has 0 bridgehead atoms. The van der Waals surface area contributed by atoms with E-state index in [0.717, 1.165) is 33.4 Å². The molecule has 0 saturated carbocycles. The smallest absolute Gasteiger partial charge is 0.255 e. The van der Waals surface area contributed by atoms with Crippen LogP contribution in [0.5, 0.6) is 0 Å². The first-order valence-electron chi connectivity index (χ1n) is 9.47. The van der Waals surface area contributed by atoms with Crippen LogP contribution in [0.25, 0.3) is 10.9 Å². The van der Waals surface area contributed by atoms with Gasteiger partial charge in [0.25, 0.3) is 5.91 Å². The molecule has 142 valence electrons. The Morgan fingerprint density at radius 3 is 2.46 bits per heavy atom. The third kappa shape index (κ3) is 3.24. The minimum atomic E-state index is -0.110. The Bertz CT molecular complexity index is 1080. The number of fused-ring (bicyclic) bond motifs is 1. The molecule has 1 aromatic heterocycles. The van der Waals surface area contributed by atoms with Crippen molar-refractivity contribution in [3.8, 4) is 0 Å². The van der Waals surface area contributed by atoms with E-state index in [2.05, 4.69) is 11.1 Å². The van der Waals surface area contributed by atoms with E-state index in [9.17, 15) is 9.59 Å². The standard InChI is InChI=1S/C23H23N3O2/c1-15-11-16(2)22-19(12-15)20(13-17(3)24-22)23(28)25-9-10-26(21(27)14-25)18-7-5-4-6-8-18/h4-8,11-13H,9-10,14H2,1-3H3. The number of hydrogen-bond acceptors (Lipinski definition) is 3. The van der Waals surface area contributed by atoms with Gasteiger partial charge in [-0.3, -0.25) is 14.6 Å². The molecule has 5 heteroatoms. The molecule has 2 amide bonds. The van der Waals surface area contributed by atoms with Crippen molar-refractivity contribution in [2.24, 2.45) is 0 Å². The van der Waals surface area contributed by atoms with Crippen molar-refractivity contribution >= 4 is 28.4 Å². The quantitative estimate of drug-likeness (QED) is 0.689. The number of rotatable bonds is 2. The number of piperazine rings is 1. The summed E-state index contributed by atoms with van der Waals surface area (Å²) in [6, 6.07) is 15.5. The number of aromatic nitrogens is 1. The summed E-state index contributed by atoms with van der Waals surface area (Å²) in [5, 5.41) is 0.853. The number of carbonyl (C=O) groups is 2. The Hall–Kier alpha value is -3.21. The van der Waals surface area contributed by atoms with Crippen molar-refractivity contribution in [1.82, 2.24) is 9.88 Å². The Balaban J connectivity index is 1.65. The first-order valence-corrected chi connectivity index (χ1v) is 9.47. The van der Waals surface area contributed by atoms with Crippen LogP contribution in [-0.2, 0) is 4.79 Å². The molecule has 1 fully saturated rings. The van der Waals surface area contributed by atoms with Gasteiger partial charge >= 0.3 is 0 Å². The zero-order chi connectivity index (χ0) is 19.8. The second-order valence-corrected chi connectivity index (χ2v) is 7.40. The summed E-state index contributed by atoms with van der Waals surface area (Å²) in [5.74, 6) is -0.171. The first kappa shape index (κ1) is 18.2. The van der Waals surface area contributed by atoms with Gasteiger partial charge in [0.1, 0.15) is 6.54 Å². The van der Waals surface area contributed by atoms with Crippen LogP contribution in [0.1, 0.15) is 27.2 Å². The maximum atomic E-state index is 13.3. The summed E-state index contributed by atoms with van der Waals surface area (Å²) in [4.78, 5) is 34.0. The number of pyridine rings is 1. The predicted octanol–water partition coefficient (Wildman–Crippen LogP) is 3.65. The summed E-state index contributed by atoms with van der Waals surface area (Å²) < 4.78 is 0. The van der Waals surface area contributed by atoms with Crippen molar-refractivity contribution in [1.29, 1.82) is 0 Å². The number of benzene rings is 2. The minimum Gasteiger partial charge on any atom is -0.328 e. The molecule has 3 aromatic rings. The maximum Gasteiger partial charge on any atom is 0.255 e. The van der Waals surface area contributed by atoms with Crippen LogP contribution >= 0.6 is 0 Å². The first-order chi connectivity index (χ1) is 13.4. The lowest BCUT2D eigenvalue weighted by atomic mass is 10.0. The molecule has 0 radical (unpaired) electrons. The molecule has 0 atom stereocenters. The van der Waals surface area contributed by atoms with Crippen molar-refractivity contribution in [2.45, 2.75) is 20.8 Å². The highest BCUT2D eigenvalue weighted by Gasteiger charge is 2.29. The highest BCUT2D eigenvalue weighted by atomic mass is 16.2. The van der Waals surface area contributed by atoms with Crippen LogP contribution < -0.4 is 4.90 Å². The lowest BCUT2D eigenvalue weighted by Crippen LogP contribution is -2.52. The van der Waals surface area contributed by atoms with E-state index in [1.54, 1.807) is 9.80 Å². The molecule has 0 unspecified atom stereocenters. The van der Waals surface area contributed by atoms with E-state index >= 15 is 0 Å². The second-order valence-electron chi connectivity index (χ2n) is 7.40. The van der Waals surface area contributed by atoms with Gasteiger partial charge in [-0.25, -0.2) is 0 Å². The largest absolute Gasteiger partial charge is 0.328 e. The van der Waals surface area contributed by atoms with Crippen molar-refractivity contribution < 1.29 is 9.59 Å². The number of para-hydroxylation sites is 1. The van der Waals surface area contributed by atoms with Crippen LogP contribution in [0.2, 0.25) is 0 Å². The molecule has 4 rings (SSSR count). The fraction of sp³-hybridized carbons (Fsp3) is 0.261. The highest BCUT2D eigenvalue weighted by Crippen LogP contribution is 2.25. The van der Waals surface area contributed by atoms with Gasteiger partial charge in [0, 0.05) is 29.9 Å².